The van der Waals surface area contributed by atoms with Gasteiger partial charge in [0.1, 0.15) is 0 Å². The van der Waals surface area contributed by atoms with Gasteiger partial charge in [-0.05, 0) is 62.1 Å². The number of benzene rings is 2. The molecule has 0 radical (unpaired) electrons. The summed E-state index contributed by atoms with van der Waals surface area (Å²) < 4.78 is 3.63. The molecule has 0 saturated carbocycles. The fourth-order valence-electron chi connectivity index (χ4n) is 4.01. The SMILES string of the molecule is CCCSc1nc2ccc(SSc3ccc4nc(SCCC)n(CCC)c(=O)c4c3)cc2c(=O)n1CCC. The predicted molar refractivity (Wildman–Crippen MR) is 166 cm³/mol. The first-order valence-electron chi connectivity index (χ1n) is 13.2. The maximum absolute atomic E-state index is 13.3. The van der Waals surface area contributed by atoms with Crippen molar-refractivity contribution in [1.82, 2.24) is 19.1 Å². The molecule has 202 valence electrons. The number of fused-ring (bicyclic) bond motifs is 2. The summed E-state index contributed by atoms with van der Waals surface area (Å²) in [4.78, 5) is 38.3. The van der Waals surface area contributed by atoms with Gasteiger partial charge in [-0.25, -0.2) is 9.97 Å². The van der Waals surface area contributed by atoms with Gasteiger partial charge < -0.3 is 0 Å². The third kappa shape index (κ3) is 6.63. The van der Waals surface area contributed by atoms with E-state index in [0.29, 0.717) is 23.9 Å². The van der Waals surface area contributed by atoms with Crippen molar-refractivity contribution in [3.63, 3.8) is 0 Å². The molecule has 0 saturated heterocycles. The lowest BCUT2D eigenvalue weighted by atomic mass is 10.2. The van der Waals surface area contributed by atoms with E-state index in [0.717, 1.165) is 68.3 Å². The number of nitrogens with zero attached hydrogens (tertiary/aromatic N) is 4. The second-order valence-corrected chi connectivity index (χ2v) is 13.3. The highest BCUT2D eigenvalue weighted by atomic mass is 33.1. The Hall–Kier alpha value is -1.88. The molecule has 10 heteroatoms. The zero-order chi connectivity index (χ0) is 27.1. The Morgan fingerprint density at radius 1 is 0.632 bits per heavy atom. The van der Waals surface area contributed by atoms with Crippen LogP contribution >= 0.6 is 45.1 Å². The van der Waals surface area contributed by atoms with Crippen molar-refractivity contribution in [2.24, 2.45) is 0 Å². The van der Waals surface area contributed by atoms with E-state index in [2.05, 4.69) is 27.7 Å². The van der Waals surface area contributed by atoms with Crippen molar-refractivity contribution >= 4 is 66.9 Å². The average molecular weight is 587 g/mol. The molecule has 38 heavy (non-hydrogen) atoms. The Bertz CT molecular complexity index is 1420. The summed E-state index contributed by atoms with van der Waals surface area (Å²) in [7, 11) is 3.16. The first-order chi connectivity index (χ1) is 18.5. The van der Waals surface area contributed by atoms with E-state index in [9.17, 15) is 9.59 Å². The first-order valence-corrected chi connectivity index (χ1v) is 17.3. The van der Waals surface area contributed by atoms with Crippen LogP contribution < -0.4 is 11.1 Å². The van der Waals surface area contributed by atoms with Crippen LogP contribution in [0, 0.1) is 0 Å². The van der Waals surface area contributed by atoms with E-state index in [-0.39, 0.29) is 11.1 Å². The highest BCUT2D eigenvalue weighted by molar-refractivity contribution is 8.76. The lowest BCUT2D eigenvalue weighted by Crippen LogP contribution is -2.23. The Labute approximate surface area is 240 Å². The van der Waals surface area contributed by atoms with E-state index < -0.39 is 0 Å². The molecule has 0 N–H and O–H groups in total. The maximum atomic E-state index is 13.3. The molecular formula is C28H34N4O2S4. The van der Waals surface area contributed by atoms with Crippen LogP contribution in [0.2, 0.25) is 0 Å². The molecule has 2 aromatic heterocycles. The van der Waals surface area contributed by atoms with E-state index in [1.807, 2.05) is 45.5 Å². The average Bonchev–Trinajstić information content (AvgIpc) is 2.93. The van der Waals surface area contributed by atoms with Gasteiger partial charge in [-0.1, -0.05) is 72.8 Å². The monoisotopic (exact) mass is 586 g/mol. The molecule has 0 aliphatic heterocycles. The summed E-state index contributed by atoms with van der Waals surface area (Å²) >= 11 is 3.29. The van der Waals surface area contributed by atoms with Crippen LogP contribution in [0.25, 0.3) is 21.8 Å². The molecule has 2 heterocycles. The Kier molecular flexibility index (Phi) is 10.7. The third-order valence-electron chi connectivity index (χ3n) is 5.78. The lowest BCUT2D eigenvalue weighted by Gasteiger charge is -2.13. The van der Waals surface area contributed by atoms with Gasteiger partial charge in [0.05, 0.1) is 21.8 Å². The molecule has 0 aliphatic carbocycles. The van der Waals surface area contributed by atoms with Crippen LogP contribution in [0.3, 0.4) is 0 Å². The van der Waals surface area contributed by atoms with Crippen molar-refractivity contribution in [3.05, 3.63) is 57.1 Å². The predicted octanol–water partition coefficient (Wildman–Crippen LogP) is 7.73. The number of aromatic nitrogens is 4. The van der Waals surface area contributed by atoms with Crippen LogP contribution in [0.5, 0.6) is 0 Å². The van der Waals surface area contributed by atoms with Gasteiger partial charge in [0, 0.05) is 34.4 Å². The van der Waals surface area contributed by atoms with E-state index in [1.165, 1.54) is 0 Å². The van der Waals surface area contributed by atoms with Gasteiger partial charge in [-0.15, -0.1) is 0 Å². The van der Waals surface area contributed by atoms with E-state index in [1.54, 1.807) is 45.1 Å². The quantitative estimate of drug-likeness (QED) is 0.0895. The molecular weight excluding hydrogens is 553 g/mol. The number of rotatable bonds is 13. The summed E-state index contributed by atoms with van der Waals surface area (Å²) in [5.74, 6) is 1.88. The Morgan fingerprint density at radius 2 is 1.05 bits per heavy atom. The molecule has 0 unspecified atom stereocenters. The van der Waals surface area contributed by atoms with Crippen LogP contribution in [0.4, 0.5) is 0 Å². The zero-order valence-electron chi connectivity index (χ0n) is 22.4. The smallest absolute Gasteiger partial charge is 0.262 e. The normalized spacial score (nSPS) is 11.6. The second kappa shape index (κ2) is 14.0. The van der Waals surface area contributed by atoms with Gasteiger partial charge in [-0.3, -0.25) is 18.7 Å². The lowest BCUT2D eigenvalue weighted by molar-refractivity contribution is 0.584. The fraction of sp³-hybridized carbons (Fsp3) is 0.429. The van der Waals surface area contributed by atoms with Crippen LogP contribution in [0.15, 0.2) is 66.1 Å². The van der Waals surface area contributed by atoms with Crippen molar-refractivity contribution in [3.8, 4) is 0 Å². The first kappa shape index (κ1) is 29.1. The number of hydrogen-bond donors (Lipinski definition) is 0. The Balaban J connectivity index is 1.61. The summed E-state index contributed by atoms with van der Waals surface area (Å²) in [6.45, 7) is 9.75. The Morgan fingerprint density at radius 3 is 1.42 bits per heavy atom. The number of thioether (sulfide) groups is 2. The second-order valence-electron chi connectivity index (χ2n) is 8.92. The molecule has 2 aromatic carbocycles. The fourth-order valence-corrected chi connectivity index (χ4v) is 7.74. The largest absolute Gasteiger partial charge is 0.287 e. The highest BCUT2D eigenvalue weighted by Crippen LogP contribution is 2.39. The molecule has 0 atom stereocenters. The van der Waals surface area contributed by atoms with Gasteiger partial charge in [0.25, 0.3) is 11.1 Å². The van der Waals surface area contributed by atoms with E-state index >= 15 is 0 Å². The summed E-state index contributed by atoms with van der Waals surface area (Å²) in [6.07, 6.45) is 3.83. The van der Waals surface area contributed by atoms with Gasteiger partial charge in [0.2, 0.25) is 0 Å². The van der Waals surface area contributed by atoms with Crippen molar-refractivity contribution < 1.29 is 0 Å². The summed E-state index contributed by atoms with van der Waals surface area (Å²) in [5.41, 5.74) is 1.52. The molecule has 0 spiro atoms. The van der Waals surface area contributed by atoms with Crippen LogP contribution in [-0.4, -0.2) is 30.6 Å². The molecule has 4 aromatic rings. The summed E-state index contributed by atoms with van der Waals surface area (Å²) in [6, 6.07) is 11.8. The molecule has 0 aliphatic rings. The molecule has 0 fully saturated rings. The highest BCUT2D eigenvalue weighted by Gasteiger charge is 2.14. The minimum atomic E-state index is 0.0212. The van der Waals surface area contributed by atoms with Crippen molar-refractivity contribution in [2.75, 3.05) is 11.5 Å². The van der Waals surface area contributed by atoms with Gasteiger partial charge in [-0.2, -0.15) is 0 Å². The summed E-state index contributed by atoms with van der Waals surface area (Å²) in [5, 5.41) is 2.89. The van der Waals surface area contributed by atoms with Gasteiger partial charge >= 0.3 is 0 Å². The molecule has 6 nitrogen and oxygen atoms in total. The standard InChI is InChI=1S/C28H34N4O2S4/c1-5-13-31-25(33)21-17-19(9-11-23(21)29-27(31)35-15-7-3)37-38-20-10-12-24-22(18-20)26(34)32(14-6-2)28(30-24)36-16-8-4/h9-12,17-18H,5-8,13-16H2,1-4H3. The number of hydrogen-bond acceptors (Lipinski definition) is 8. The van der Waals surface area contributed by atoms with Crippen LogP contribution in [-0.2, 0) is 13.1 Å². The topological polar surface area (TPSA) is 69.8 Å². The van der Waals surface area contributed by atoms with E-state index in [4.69, 9.17) is 9.97 Å². The minimum absolute atomic E-state index is 0.0212. The third-order valence-corrected chi connectivity index (χ3v) is 10.5. The zero-order valence-corrected chi connectivity index (χ0v) is 25.6. The minimum Gasteiger partial charge on any atom is -0.287 e. The van der Waals surface area contributed by atoms with Crippen LogP contribution in [0.1, 0.15) is 53.4 Å². The maximum Gasteiger partial charge on any atom is 0.262 e. The molecule has 0 bridgehead atoms. The van der Waals surface area contributed by atoms with Crippen molar-refractivity contribution in [1.29, 1.82) is 0 Å². The molecule has 0 amide bonds. The van der Waals surface area contributed by atoms with Crippen molar-refractivity contribution in [2.45, 2.75) is 86.6 Å². The van der Waals surface area contributed by atoms with Gasteiger partial charge in [0.15, 0.2) is 10.3 Å². The molecule has 4 rings (SSSR count).